The van der Waals surface area contributed by atoms with E-state index in [0.717, 1.165) is 5.75 Å². The summed E-state index contributed by atoms with van der Waals surface area (Å²) in [4.78, 5) is 10.5. The summed E-state index contributed by atoms with van der Waals surface area (Å²) in [7, 11) is 1.54. The number of carbonyl (C=O) groups is 1. The molecule has 0 aromatic rings. The van der Waals surface area contributed by atoms with Gasteiger partial charge in [0.2, 0.25) is 4.93 Å². The van der Waals surface area contributed by atoms with Gasteiger partial charge in [0, 0.05) is 6.42 Å². The SMILES string of the molecule is C=CCC1(SCC)OC(=O)C=C1OC. The minimum Gasteiger partial charge on any atom is -0.496 e. The molecule has 0 radical (unpaired) electrons. The maximum absolute atomic E-state index is 11.2. The van der Waals surface area contributed by atoms with Crippen LogP contribution in [0.2, 0.25) is 0 Å². The maximum Gasteiger partial charge on any atom is 0.336 e. The highest BCUT2D eigenvalue weighted by molar-refractivity contribution is 8.00. The average Bonchev–Trinajstić information content (AvgIpc) is 2.43. The number of esters is 1. The molecule has 1 aliphatic heterocycles. The van der Waals surface area contributed by atoms with Crippen LogP contribution < -0.4 is 0 Å². The number of hydrogen-bond acceptors (Lipinski definition) is 4. The van der Waals surface area contributed by atoms with Gasteiger partial charge in [-0.3, -0.25) is 0 Å². The van der Waals surface area contributed by atoms with Crippen molar-refractivity contribution >= 4 is 17.7 Å². The first-order valence-electron chi connectivity index (χ1n) is 4.42. The Morgan fingerprint density at radius 1 is 1.79 bits per heavy atom. The molecule has 0 saturated carbocycles. The predicted octanol–water partition coefficient (Wildman–Crippen LogP) is 2.10. The van der Waals surface area contributed by atoms with E-state index in [1.54, 1.807) is 13.2 Å². The number of rotatable bonds is 5. The van der Waals surface area contributed by atoms with E-state index in [1.807, 2.05) is 6.92 Å². The lowest BCUT2D eigenvalue weighted by Crippen LogP contribution is -2.28. The van der Waals surface area contributed by atoms with Crippen molar-refractivity contribution in [3.8, 4) is 0 Å². The molecule has 1 rings (SSSR count). The lowest BCUT2D eigenvalue weighted by atomic mass is 10.2. The van der Waals surface area contributed by atoms with Gasteiger partial charge < -0.3 is 9.47 Å². The second-order valence-corrected chi connectivity index (χ2v) is 4.34. The largest absolute Gasteiger partial charge is 0.496 e. The summed E-state index contributed by atoms with van der Waals surface area (Å²) < 4.78 is 10.4. The molecule has 0 aliphatic carbocycles. The number of ether oxygens (including phenoxy) is 2. The lowest BCUT2D eigenvalue weighted by Gasteiger charge is -2.27. The molecule has 0 aromatic carbocycles. The zero-order valence-corrected chi connectivity index (χ0v) is 9.23. The molecule has 0 spiro atoms. The van der Waals surface area contributed by atoms with E-state index >= 15 is 0 Å². The minimum absolute atomic E-state index is 0.343. The molecule has 1 aliphatic rings. The highest BCUT2D eigenvalue weighted by Crippen LogP contribution is 2.41. The number of methoxy groups -OCH3 is 1. The van der Waals surface area contributed by atoms with Crippen molar-refractivity contribution in [3.05, 3.63) is 24.5 Å². The normalized spacial score (nSPS) is 25.6. The molecule has 0 fully saturated rings. The molecular weight excluding hydrogens is 200 g/mol. The van der Waals surface area contributed by atoms with Crippen molar-refractivity contribution in [1.82, 2.24) is 0 Å². The minimum atomic E-state index is -0.678. The van der Waals surface area contributed by atoms with E-state index in [-0.39, 0.29) is 5.97 Å². The Kier molecular flexibility index (Phi) is 3.63. The summed E-state index contributed by atoms with van der Waals surface area (Å²) in [6, 6.07) is 0. The van der Waals surface area contributed by atoms with Crippen LogP contribution >= 0.6 is 11.8 Å². The third kappa shape index (κ3) is 1.95. The Labute approximate surface area is 88.2 Å². The van der Waals surface area contributed by atoms with Crippen molar-refractivity contribution in [2.75, 3.05) is 12.9 Å². The quantitative estimate of drug-likeness (QED) is 0.518. The fraction of sp³-hybridized carbons (Fsp3) is 0.500. The van der Waals surface area contributed by atoms with Gasteiger partial charge in [0.05, 0.1) is 13.2 Å². The van der Waals surface area contributed by atoms with Crippen LogP contribution in [0.5, 0.6) is 0 Å². The Bertz CT molecular complexity index is 273. The first-order valence-corrected chi connectivity index (χ1v) is 5.41. The summed E-state index contributed by atoms with van der Waals surface area (Å²) in [5.41, 5.74) is 0. The molecule has 3 nitrogen and oxygen atoms in total. The second-order valence-electron chi connectivity index (χ2n) is 2.81. The molecule has 14 heavy (non-hydrogen) atoms. The smallest absolute Gasteiger partial charge is 0.336 e. The van der Waals surface area contributed by atoms with Gasteiger partial charge >= 0.3 is 5.97 Å². The topological polar surface area (TPSA) is 35.5 Å². The van der Waals surface area contributed by atoms with Crippen LogP contribution in [0.1, 0.15) is 13.3 Å². The molecule has 0 bridgehead atoms. The first-order chi connectivity index (χ1) is 6.68. The van der Waals surface area contributed by atoms with Crippen LogP contribution in [0, 0.1) is 0 Å². The molecule has 78 valence electrons. The van der Waals surface area contributed by atoms with Gasteiger partial charge in [-0.2, -0.15) is 0 Å². The second kappa shape index (κ2) is 4.55. The van der Waals surface area contributed by atoms with Gasteiger partial charge in [0.1, 0.15) is 0 Å². The number of hydrogen-bond donors (Lipinski definition) is 0. The van der Waals surface area contributed by atoms with Crippen LogP contribution in [0.25, 0.3) is 0 Å². The standard InChI is InChI=1S/C10H14O3S/c1-4-6-10(14-5-2)8(12-3)7-9(11)13-10/h4,7H,1,5-6H2,2-3H3. The monoisotopic (exact) mass is 214 g/mol. The molecule has 4 heteroatoms. The van der Waals surface area contributed by atoms with Crippen LogP contribution in [0.3, 0.4) is 0 Å². The van der Waals surface area contributed by atoms with Gasteiger partial charge in [-0.25, -0.2) is 4.79 Å². The fourth-order valence-corrected chi connectivity index (χ4v) is 2.53. The molecule has 0 aromatic heterocycles. The van der Waals surface area contributed by atoms with Crippen molar-refractivity contribution in [1.29, 1.82) is 0 Å². The molecule has 1 heterocycles. The molecular formula is C10H14O3S. The van der Waals surface area contributed by atoms with Crippen molar-refractivity contribution in [2.24, 2.45) is 0 Å². The van der Waals surface area contributed by atoms with Crippen LogP contribution in [-0.2, 0) is 14.3 Å². The van der Waals surface area contributed by atoms with Crippen LogP contribution in [-0.4, -0.2) is 23.8 Å². The molecule has 1 atom stereocenters. The summed E-state index contributed by atoms with van der Waals surface area (Å²) in [6.07, 6.45) is 3.69. The van der Waals surface area contributed by atoms with Gasteiger partial charge in [-0.15, -0.1) is 18.3 Å². The zero-order valence-electron chi connectivity index (χ0n) is 8.41. The number of thioether (sulfide) groups is 1. The maximum atomic E-state index is 11.2. The molecule has 0 amide bonds. The Balaban J connectivity index is 2.91. The Morgan fingerprint density at radius 3 is 3.00 bits per heavy atom. The summed E-state index contributed by atoms with van der Waals surface area (Å²) in [6.45, 7) is 5.67. The Morgan fingerprint density at radius 2 is 2.50 bits per heavy atom. The van der Waals surface area contributed by atoms with Crippen molar-refractivity contribution < 1.29 is 14.3 Å². The van der Waals surface area contributed by atoms with E-state index in [0.29, 0.717) is 12.2 Å². The van der Waals surface area contributed by atoms with Crippen molar-refractivity contribution in [3.63, 3.8) is 0 Å². The third-order valence-electron chi connectivity index (χ3n) is 1.90. The van der Waals surface area contributed by atoms with E-state index in [4.69, 9.17) is 9.47 Å². The summed E-state index contributed by atoms with van der Waals surface area (Å²) >= 11 is 1.54. The van der Waals surface area contributed by atoms with Gasteiger partial charge in [0.25, 0.3) is 0 Å². The summed E-state index contributed by atoms with van der Waals surface area (Å²) in [5, 5.41) is 0. The predicted molar refractivity (Wildman–Crippen MR) is 56.9 cm³/mol. The number of cyclic esters (lactones) is 1. The highest BCUT2D eigenvalue weighted by Gasteiger charge is 2.43. The van der Waals surface area contributed by atoms with E-state index in [2.05, 4.69) is 6.58 Å². The molecule has 0 N–H and O–H groups in total. The van der Waals surface area contributed by atoms with Gasteiger partial charge in [-0.1, -0.05) is 13.0 Å². The number of carbonyl (C=O) groups excluding carboxylic acids is 1. The third-order valence-corrected chi connectivity index (χ3v) is 3.11. The van der Waals surface area contributed by atoms with E-state index in [1.165, 1.54) is 17.8 Å². The van der Waals surface area contributed by atoms with Crippen LogP contribution in [0.15, 0.2) is 24.5 Å². The Hall–Kier alpha value is -0.900. The molecule has 1 unspecified atom stereocenters. The summed E-state index contributed by atoms with van der Waals surface area (Å²) in [5.74, 6) is 1.08. The lowest BCUT2D eigenvalue weighted by molar-refractivity contribution is -0.141. The van der Waals surface area contributed by atoms with E-state index < -0.39 is 4.93 Å². The van der Waals surface area contributed by atoms with Crippen LogP contribution in [0.4, 0.5) is 0 Å². The zero-order chi connectivity index (χ0) is 10.6. The molecule has 0 saturated heterocycles. The highest BCUT2D eigenvalue weighted by atomic mass is 32.2. The van der Waals surface area contributed by atoms with Gasteiger partial charge in [0.15, 0.2) is 5.76 Å². The fourth-order valence-electron chi connectivity index (χ4n) is 1.40. The first kappa shape index (κ1) is 11.2. The van der Waals surface area contributed by atoms with E-state index in [9.17, 15) is 4.79 Å². The van der Waals surface area contributed by atoms with Gasteiger partial charge in [-0.05, 0) is 5.75 Å². The average molecular weight is 214 g/mol. The van der Waals surface area contributed by atoms with Crippen molar-refractivity contribution in [2.45, 2.75) is 18.3 Å².